The molecule has 0 saturated carbocycles. The van der Waals surface area contributed by atoms with Crippen LogP contribution in [0.4, 0.5) is 0 Å². The van der Waals surface area contributed by atoms with Crippen molar-refractivity contribution in [2.45, 2.75) is 65.5 Å². The molecule has 0 radical (unpaired) electrons. The van der Waals surface area contributed by atoms with Crippen LogP contribution in [0.1, 0.15) is 58.6 Å². The van der Waals surface area contributed by atoms with Gasteiger partial charge in [0.15, 0.2) is 6.61 Å². The van der Waals surface area contributed by atoms with Gasteiger partial charge in [0.1, 0.15) is 11.8 Å². The van der Waals surface area contributed by atoms with Crippen molar-refractivity contribution in [3.05, 3.63) is 63.6 Å². The van der Waals surface area contributed by atoms with E-state index < -0.39 is 6.04 Å². The number of nitrogens with one attached hydrogen (secondary N) is 1. The second kappa shape index (κ2) is 12.3. The lowest BCUT2D eigenvalue weighted by atomic mass is 9.87. The monoisotopic (exact) mass is 492 g/mol. The molecule has 1 atom stereocenters. The highest BCUT2D eigenvalue weighted by atomic mass is 35.5. The Morgan fingerprint density at radius 1 is 1.03 bits per heavy atom. The van der Waals surface area contributed by atoms with Gasteiger partial charge >= 0.3 is 0 Å². The molecule has 2 aromatic rings. The molecule has 0 aliphatic rings. The van der Waals surface area contributed by atoms with Gasteiger partial charge in [0, 0.05) is 13.1 Å². The van der Waals surface area contributed by atoms with Crippen LogP contribution in [0.2, 0.25) is 10.0 Å². The van der Waals surface area contributed by atoms with Gasteiger partial charge in [0.2, 0.25) is 5.91 Å². The minimum atomic E-state index is -0.620. The molecule has 2 rings (SSSR count). The van der Waals surface area contributed by atoms with E-state index in [1.54, 1.807) is 23.1 Å². The Morgan fingerprint density at radius 2 is 1.70 bits per heavy atom. The van der Waals surface area contributed by atoms with E-state index in [0.717, 1.165) is 12.0 Å². The molecule has 0 spiro atoms. The molecule has 7 heteroatoms. The minimum Gasteiger partial charge on any atom is -0.484 e. The summed E-state index contributed by atoms with van der Waals surface area (Å²) in [4.78, 5) is 27.6. The molecule has 0 heterocycles. The van der Waals surface area contributed by atoms with Gasteiger partial charge in [-0.3, -0.25) is 9.59 Å². The van der Waals surface area contributed by atoms with Gasteiger partial charge in [-0.25, -0.2) is 0 Å². The third-order valence-corrected chi connectivity index (χ3v) is 6.09. The first-order valence-electron chi connectivity index (χ1n) is 11.3. The number of benzene rings is 2. The Morgan fingerprint density at radius 3 is 2.24 bits per heavy atom. The Hall–Kier alpha value is -2.24. The molecule has 5 nitrogen and oxygen atoms in total. The Balaban J connectivity index is 2.20. The summed E-state index contributed by atoms with van der Waals surface area (Å²) in [7, 11) is 0. The van der Waals surface area contributed by atoms with Crippen molar-refractivity contribution in [1.82, 2.24) is 10.2 Å². The van der Waals surface area contributed by atoms with Gasteiger partial charge in [-0.15, -0.1) is 0 Å². The zero-order valence-electron chi connectivity index (χ0n) is 20.1. The van der Waals surface area contributed by atoms with Gasteiger partial charge in [-0.2, -0.15) is 0 Å². The second-order valence-electron chi connectivity index (χ2n) is 9.05. The predicted octanol–water partition coefficient (Wildman–Crippen LogP) is 6.00. The molecular weight excluding hydrogens is 459 g/mol. The molecule has 1 N–H and O–H groups in total. The van der Waals surface area contributed by atoms with Crippen molar-refractivity contribution in [3.63, 3.8) is 0 Å². The molecule has 0 aromatic heterocycles. The van der Waals surface area contributed by atoms with Crippen LogP contribution in [0, 0.1) is 0 Å². The number of ether oxygens (including phenoxy) is 1. The largest absolute Gasteiger partial charge is 0.484 e. The molecule has 33 heavy (non-hydrogen) atoms. The normalized spacial score (nSPS) is 12.2. The average Bonchev–Trinajstić information content (AvgIpc) is 2.77. The molecule has 2 amide bonds. The van der Waals surface area contributed by atoms with Crippen LogP contribution < -0.4 is 10.1 Å². The highest BCUT2D eigenvalue weighted by Gasteiger charge is 2.29. The maximum absolute atomic E-state index is 13.2. The number of rotatable bonds is 10. The number of nitrogens with zero attached hydrogens (tertiary/aromatic N) is 1. The van der Waals surface area contributed by atoms with Gasteiger partial charge in [-0.05, 0) is 53.6 Å². The van der Waals surface area contributed by atoms with Crippen molar-refractivity contribution in [2.75, 3.05) is 13.2 Å². The van der Waals surface area contributed by atoms with Crippen molar-refractivity contribution >= 4 is 35.0 Å². The zero-order chi connectivity index (χ0) is 24.6. The number of halogens is 2. The first kappa shape index (κ1) is 27.0. The molecule has 0 fully saturated rings. The lowest BCUT2D eigenvalue weighted by molar-refractivity contribution is -0.143. The van der Waals surface area contributed by atoms with E-state index in [-0.39, 0.29) is 30.4 Å². The highest BCUT2D eigenvalue weighted by Crippen LogP contribution is 2.25. The molecule has 0 aliphatic carbocycles. The van der Waals surface area contributed by atoms with Crippen LogP contribution in [-0.4, -0.2) is 35.9 Å². The van der Waals surface area contributed by atoms with Crippen LogP contribution >= 0.6 is 23.2 Å². The number of hydrogen-bond donors (Lipinski definition) is 1. The maximum atomic E-state index is 13.2. The summed E-state index contributed by atoms with van der Waals surface area (Å²) in [5, 5.41) is 3.74. The SMILES string of the molecule is CCCNC(=O)[C@H](CC)N(Cc1ccc(Cl)c(Cl)c1)C(=O)COc1ccc(C(C)(C)C)cc1. The van der Waals surface area contributed by atoms with Crippen LogP contribution in [0.3, 0.4) is 0 Å². The van der Waals surface area contributed by atoms with Crippen LogP contribution in [0.5, 0.6) is 5.75 Å². The van der Waals surface area contributed by atoms with Gasteiger partial charge in [-0.1, -0.05) is 76.0 Å². The van der Waals surface area contributed by atoms with Crippen molar-refractivity contribution < 1.29 is 14.3 Å². The van der Waals surface area contributed by atoms with Crippen molar-refractivity contribution in [2.24, 2.45) is 0 Å². The molecule has 0 unspecified atom stereocenters. The molecule has 180 valence electrons. The third-order valence-electron chi connectivity index (χ3n) is 5.35. The Labute approximate surface area is 207 Å². The summed E-state index contributed by atoms with van der Waals surface area (Å²) in [6, 6.07) is 12.3. The number of amides is 2. The van der Waals surface area contributed by atoms with Crippen molar-refractivity contribution in [3.8, 4) is 5.75 Å². The first-order valence-corrected chi connectivity index (χ1v) is 12.1. The summed E-state index contributed by atoms with van der Waals surface area (Å²) >= 11 is 12.2. The topological polar surface area (TPSA) is 58.6 Å². The zero-order valence-corrected chi connectivity index (χ0v) is 21.6. The first-order chi connectivity index (χ1) is 15.6. The lowest BCUT2D eigenvalue weighted by Gasteiger charge is -2.30. The lowest BCUT2D eigenvalue weighted by Crippen LogP contribution is -2.50. The predicted molar refractivity (Wildman–Crippen MR) is 135 cm³/mol. The molecule has 0 saturated heterocycles. The Bertz CT molecular complexity index is 940. The third kappa shape index (κ3) is 7.94. The minimum absolute atomic E-state index is 0.0329. The Kier molecular flexibility index (Phi) is 10.1. The van der Waals surface area contributed by atoms with Gasteiger partial charge in [0.05, 0.1) is 10.0 Å². The van der Waals surface area contributed by atoms with E-state index in [4.69, 9.17) is 27.9 Å². The van der Waals surface area contributed by atoms with Crippen molar-refractivity contribution in [1.29, 1.82) is 0 Å². The quantitative estimate of drug-likeness (QED) is 0.442. The van der Waals surface area contributed by atoms with Crippen LogP contribution in [0.25, 0.3) is 0 Å². The smallest absolute Gasteiger partial charge is 0.261 e. The maximum Gasteiger partial charge on any atom is 0.261 e. The standard InChI is InChI=1S/C26H34Cl2N2O3/c1-6-14-29-25(32)23(7-2)30(16-18-8-13-21(27)22(28)15-18)24(31)17-33-20-11-9-19(10-12-20)26(3,4)5/h8-13,15,23H,6-7,14,16-17H2,1-5H3,(H,29,32)/t23-/m0/s1. The summed E-state index contributed by atoms with van der Waals surface area (Å²) in [5.41, 5.74) is 2.00. The van der Waals surface area contributed by atoms with E-state index >= 15 is 0 Å². The number of carbonyl (C=O) groups is 2. The molecule has 0 bridgehead atoms. The van der Waals surface area contributed by atoms with Gasteiger partial charge < -0.3 is 15.0 Å². The highest BCUT2D eigenvalue weighted by molar-refractivity contribution is 6.42. The van der Waals surface area contributed by atoms with Crippen LogP contribution in [-0.2, 0) is 21.5 Å². The van der Waals surface area contributed by atoms with Crippen LogP contribution in [0.15, 0.2) is 42.5 Å². The molecule has 0 aliphatic heterocycles. The summed E-state index contributed by atoms with van der Waals surface area (Å²) in [6.07, 6.45) is 1.29. The van der Waals surface area contributed by atoms with E-state index in [1.165, 1.54) is 5.56 Å². The fourth-order valence-electron chi connectivity index (χ4n) is 3.40. The van der Waals surface area contributed by atoms with E-state index in [2.05, 4.69) is 26.1 Å². The summed E-state index contributed by atoms with van der Waals surface area (Å²) in [5.74, 6) is 0.149. The van der Waals surface area contributed by atoms with E-state index in [1.807, 2.05) is 38.1 Å². The molecule has 2 aromatic carbocycles. The van der Waals surface area contributed by atoms with E-state index in [0.29, 0.717) is 28.8 Å². The molecular formula is C26H34Cl2N2O3. The summed E-state index contributed by atoms with van der Waals surface area (Å²) < 4.78 is 5.78. The number of carbonyl (C=O) groups excluding carboxylic acids is 2. The summed E-state index contributed by atoms with van der Waals surface area (Å²) in [6.45, 7) is 10.9. The number of hydrogen-bond acceptors (Lipinski definition) is 3. The average molecular weight is 493 g/mol. The second-order valence-corrected chi connectivity index (χ2v) is 9.86. The van der Waals surface area contributed by atoms with Gasteiger partial charge in [0.25, 0.3) is 5.91 Å². The van der Waals surface area contributed by atoms with E-state index in [9.17, 15) is 9.59 Å². The fourth-order valence-corrected chi connectivity index (χ4v) is 3.72. The fraction of sp³-hybridized carbons (Fsp3) is 0.462.